The van der Waals surface area contributed by atoms with Crippen molar-refractivity contribution in [3.63, 3.8) is 0 Å². The van der Waals surface area contributed by atoms with E-state index in [1.54, 1.807) is 0 Å². The Morgan fingerprint density at radius 1 is 1.50 bits per heavy atom. The fourth-order valence-corrected chi connectivity index (χ4v) is 0.627. The van der Waals surface area contributed by atoms with E-state index in [1.165, 1.54) is 7.05 Å². The van der Waals surface area contributed by atoms with Crippen LogP contribution in [0.15, 0.2) is 11.9 Å². The second-order valence-electron chi connectivity index (χ2n) is 1.84. The quantitative estimate of drug-likeness (QED) is 0.525. The topological polar surface area (TPSA) is 27.3 Å². The molecule has 10 heavy (non-hydrogen) atoms. The molecule has 58 valence electrons. The minimum absolute atomic E-state index is 0.729. The van der Waals surface area contributed by atoms with E-state index >= 15 is 0 Å². The summed E-state index contributed by atoms with van der Waals surface area (Å²) >= 11 is 0. The largest absolute Gasteiger partial charge is 0.434 e. The summed E-state index contributed by atoms with van der Waals surface area (Å²) in [6, 6.07) is 0. The number of halogens is 3. The lowest BCUT2D eigenvalue weighted by Gasteiger charge is -2.16. The van der Waals surface area contributed by atoms with Gasteiger partial charge in [-0.3, -0.25) is 5.01 Å². The Kier molecular flexibility index (Phi) is 1.47. The van der Waals surface area contributed by atoms with Crippen LogP contribution in [0.1, 0.15) is 0 Å². The number of nitrogens with one attached hydrogen (secondary N) is 2. The average Bonchev–Trinajstić information content (AvgIpc) is 2.11. The van der Waals surface area contributed by atoms with Gasteiger partial charge in [-0.2, -0.15) is 13.2 Å². The van der Waals surface area contributed by atoms with E-state index in [0.29, 0.717) is 0 Å². The number of rotatable bonds is 0. The molecule has 0 unspecified atom stereocenters. The predicted octanol–water partition coefficient (Wildman–Crippen LogP) is 0.345. The molecule has 0 saturated carbocycles. The Balaban J connectivity index is 2.72. The van der Waals surface area contributed by atoms with Crippen LogP contribution in [0.4, 0.5) is 13.2 Å². The zero-order chi connectivity index (χ0) is 7.78. The van der Waals surface area contributed by atoms with Gasteiger partial charge in [-0.25, -0.2) is 0 Å². The third-order valence-corrected chi connectivity index (χ3v) is 1.09. The summed E-state index contributed by atoms with van der Waals surface area (Å²) < 4.78 is 35.5. The molecule has 0 aliphatic carbocycles. The van der Waals surface area contributed by atoms with Crippen LogP contribution >= 0.6 is 0 Å². The molecule has 1 aliphatic heterocycles. The summed E-state index contributed by atoms with van der Waals surface area (Å²) in [7, 11) is 1.28. The normalized spacial score (nSPS) is 18.8. The molecule has 0 aromatic heterocycles. The maximum atomic E-state index is 11.8. The van der Waals surface area contributed by atoms with Gasteiger partial charge >= 0.3 is 6.18 Å². The highest BCUT2D eigenvalue weighted by atomic mass is 19.4. The number of alkyl halides is 3. The van der Waals surface area contributed by atoms with E-state index in [1.807, 2.05) is 0 Å². The fourth-order valence-electron chi connectivity index (χ4n) is 0.627. The molecule has 0 fully saturated rings. The third kappa shape index (κ3) is 1.15. The molecule has 0 amide bonds. The Hall–Kier alpha value is -0.910. The van der Waals surface area contributed by atoms with Crippen LogP contribution in [0, 0.1) is 0 Å². The summed E-state index contributed by atoms with van der Waals surface area (Å²) in [6.07, 6.45) is -3.43. The third-order valence-electron chi connectivity index (χ3n) is 1.09. The molecule has 6 heteroatoms. The number of hydrogen-bond acceptors (Lipinski definition) is 3. The highest BCUT2D eigenvalue weighted by Gasteiger charge is 2.38. The number of hydrazine groups is 2. The molecular formula is C4H6F3N3. The van der Waals surface area contributed by atoms with Crippen molar-refractivity contribution in [2.75, 3.05) is 7.05 Å². The Bertz CT molecular complexity index is 162. The second kappa shape index (κ2) is 2.05. The van der Waals surface area contributed by atoms with Gasteiger partial charge in [0.05, 0.1) is 0 Å². The van der Waals surface area contributed by atoms with Crippen LogP contribution in [0.3, 0.4) is 0 Å². The molecular weight excluding hydrogens is 147 g/mol. The molecule has 1 aliphatic rings. The second-order valence-corrected chi connectivity index (χ2v) is 1.84. The predicted molar refractivity (Wildman–Crippen MR) is 28.2 cm³/mol. The van der Waals surface area contributed by atoms with Gasteiger partial charge in [0, 0.05) is 13.2 Å². The van der Waals surface area contributed by atoms with Gasteiger partial charge in [0.25, 0.3) is 0 Å². The highest BCUT2D eigenvalue weighted by molar-refractivity contribution is 5.07. The van der Waals surface area contributed by atoms with E-state index in [-0.39, 0.29) is 0 Å². The van der Waals surface area contributed by atoms with Crippen molar-refractivity contribution in [1.82, 2.24) is 16.0 Å². The van der Waals surface area contributed by atoms with Crippen molar-refractivity contribution in [3.8, 4) is 0 Å². The summed E-state index contributed by atoms with van der Waals surface area (Å²) in [4.78, 5) is 0. The number of hydrogen-bond donors (Lipinski definition) is 2. The molecule has 0 aromatic carbocycles. The van der Waals surface area contributed by atoms with Gasteiger partial charge in [0.1, 0.15) is 0 Å². The zero-order valence-electron chi connectivity index (χ0n) is 5.16. The van der Waals surface area contributed by atoms with Crippen LogP contribution in [0.5, 0.6) is 0 Å². The SMILES string of the molecule is CN1NNC=C1C(F)(F)F. The molecule has 3 nitrogen and oxygen atoms in total. The van der Waals surface area contributed by atoms with Crippen molar-refractivity contribution in [1.29, 1.82) is 0 Å². The highest BCUT2D eigenvalue weighted by Crippen LogP contribution is 2.27. The first-order chi connectivity index (χ1) is 4.52. The van der Waals surface area contributed by atoms with Crippen LogP contribution in [0.25, 0.3) is 0 Å². The van der Waals surface area contributed by atoms with Crippen LogP contribution < -0.4 is 11.0 Å². The van der Waals surface area contributed by atoms with Gasteiger partial charge < -0.3 is 5.43 Å². The van der Waals surface area contributed by atoms with Crippen LogP contribution in [-0.2, 0) is 0 Å². The maximum absolute atomic E-state index is 11.8. The van der Waals surface area contributed by atoms with Crippen molar-refractivity contribution >= 4 is 0 Å². The standard InChI is InChI=1S/C4H6F3N3/c1-10-3(2-8-9-10)4(5,6)7/h2,8-9H,1H3. The first-order valence-electron chi connectivity index (χ1n) is 2.54. The van der Waals surface area contributed by atoms with Crippen LogP contribution in [0.2, 0.25) is 0 Å². The first kappa shape index (κ1) is 7.20. The van der Waals surface area contributed by atoms with E-state index < -0.39 is 11.9 Å². The van der Waals surface area contributed by atoms with E-state index in [4.69, 9.17) is 0 Å². The van der Waals surface area contributed by atoms with Gasteiger partial charge in [0.2, 0.25) is 0 Å². The Morgan fingerprint density at radius 2 is 2.10 bits per heavy atom. The minimum atomic E-state index is -4.29. The smallest absolute Gasteiger partial charge is 0.309 e. The lowest BCUT2D eigenvalue weighted by molar-refractivity contribution is -0.110. The van der Waals surface area contributed by atoms with Gasteiger partial charge in [0.15, 0.2) is 5.70 Å². The first-order valence-corrected chi connectivity index (χ1v) is 2.54. The number of nitrogens with zero attached hydrogens (tertiary/aromatic N) is 1. The van der Waals surface area contributed by atoms with Crippen molar-refractivity contribution in [3.05, 3.63) is 11.9 Å². The minimum Gasteiger partial charge on any atom is -0.309 e. The van der Waals surface area contributed by atoms with Crippen molar-refractivity contribution in [2.24, 2.45) is 0 Å². The van der Waals surface area contributed by atoms with Gasteiger partial charge in [-0.05, 0) is 0 Å². The summed E-state index contributed by atoms with van der Waals surface area (Å²) in [6.45, 7) is 0. The summed E-state index contributed by atoms with van der Waals surface area (Å²) in [5.74, 6) is 0. The summed E-state index contributed by atoms with van der Waals surface area (Å²) in [5, 5.41) is 0.861. The summed E-state index contributed by atoms with van der Waals surface area (Å²) in [5.41, 5.74) is 3.74. The maximum Gasteiger partial charge on any atom is 0.434 e. The van der Waals surface area contributed by atoms with Crippen molar-refractivity contribution in [2.45, 2.75) is 6.18 Å². The molecule has 0 aromatic rings. The van der Waals surface area contributed by atoms with Gasteiger partial charge in [-0.15, -0.1) is 5.53 Å². The van der Waals surface area contributed by atoms with E-state index in [9.17, 15) is 13.2 Å². The van der Waals surface area contributed by atoms with Crippen LogP contribution in [-0.4, -0.2) is 18.2 Å². The average molecular weight is 153 g/mol. The van der Waals surface area contributed by atoms with Gasteiger partial charge in [-0.1, -0.05) is 0 Å². The molecule has 0 bridgehead atoms. The lowest BCUT2D eigenvalue weighted by atomic mass is 10.4. The Labute approximate surface area is 55.4 Å². The molecule has 0 radical (unpaired) electrons. The molecule has 2 N–H and O–H groups in total. The van der Waals surface area contributed by atoms with Crippen molar-refractivity contribution < 1.29 is 13.2 Å². The van der Waals surface area contributed by atoms with E-state index in [0.717, 1.165) is 11.2 Å². The fraction of sp³-hybridized carbons (Fsp3) is 0.500. The molecule has 1 heterocycles. The lowest BCUT2D eigenvalue weighted by Crippen LogP contribution is -2.37. The molecule has 0 atom stereocenters. The Morgan fingerprint density at radius 3 is 2.30 bits per heavy atom. The van der Waals surface area contributed by atoms with E-state index in [2.05, 4.69) is 11.0 Å². The molecule has 0 spiro atoms. The number of allylic oxidation sites excluding steroid dienone is 1. The molecule has 1 rings (SSSR count). The molecule has 0 saturated heterocycles. The zero-order valence-corrected chi connectivity index (χ0v) is 5.16. The monoisotopic (exact) mass is 153 g/mol.